The van der Waals surface area contributed by atoms with Crippen molar-refractivity contribution in [3.8, 4) is 0 Å². The normalized spacial score (nSPS) is 16.2. The van der Waals surface area contributed by atoms with Crippen LogP contribution in [-0.2, 0) is 4.79 Å². The molecule has 0 aliphatic carbocycles. The molecule has 0 spiro atoms. The highest BCUT2D eigenvalue weighted by Gasteiger charge is 2.28. The van der Waals surface area contributed by atoms with E-state index in [4.69, 9.17) is 0 Å². The zero-order valence-electron chi connectivity index (χ0n) is 18.1. The van der Waals surface area contributed by atoms with E-state index in [9.17, 15) is 9.59 Å². The molecule has 0 bridgehead atoms. The number of unbranched alkanes of at least 4 members (excludes halogenated alkanes) is 1. The number of anilines is 1. The van der Waals surface area contributed by atoms with E-state index in [0.29, 0.717) is 18.7 Å². The van der Waals surface area contributed by atoms with Gasteiger partial charge in [-0.15, -0.1) is 0 Å². The van der Waals surface area contributed by atoms with Gasteiger partial charge in [0.1, 0.15) is 0 Å². The van der Waals surface area contributed by atoms with Crippen LogP contribution in [-0.4, -0.2) is 49.9 Å². The molecule has 1 fully saturated rings. The second-order valence-corrected chi connectivity index (χ2v) is 8.21. The molecular formula is C25H33N3O2. The molecule has 30 heavy (non-hydrogen) atoms. The number of carbonyl (C=O) groups excluding carboxylic acids is 2. The average Bonchev–Trinajstić information content (AvgIpc) is 2.79. The van der Waals surface area contributed by atoms with Crippen LogP contribution in [0.4, 0.5) is 5.69 Å². The summed E-state index contributed by atoms with van der Waals surface area (Å²) in [6, 6.07) is 18.0. The standard InChI is InChI=1S/C25H33N3O2/c1-20-12-14-21(15-13-20)25(30)28-18-8-9-22(19-28)24(29)26-16-6-7-17-27(2)23-10-4-3-5-11-23/h3-5,10-15,22H,6-9,16-19H2,1-2H3,(H,26,29). The average molecular weight is 408 g/mol. The van der Waals surface area contributed by atoms with Gasteiger partial charge in [-0.05, 0) is 56.9 Å². The second kappa shape index (κ2) is 10.8. The Morgan fingerprint density at radius 2 is 1.80 bits per heavy atom. The first-order valence-corrected chi connectivity index (χ1v) is 10.9. The van der Waals surface area contributed by atoms with Crippen LogP contribution in [0.2, 0.25) is 0 Å². The third-order valence-corrected chi connectivity index (χ3v) is 5.79. The molecule has 1 unspecified atom stereocenters. The second-order valence-electron chi connectivity index (χ2n) is 8.21. The molecule has 160 valence electrons. The summed E-state index contributed by atoms with van der Waals surface area (Å²) in [7, 11) is 2.09. The lowest BCUT2D eigenvalue weighted by Crippen LogP contribution is -2.45. The number of benzene rings is 2. The minimum Gasteiger partial charge on any atom is -0.375 e. The molecule has 5 heteroatoms. The Hall–Kier alpha value is -2.82. The minimum absolute atomic E-state index is 0.0245. The highest BCUT2D eigenvalue weighted by molar-refractivity contribution is 5.94. The van der Waals surface area contributed by atoms with Gasteiger partial charge in [0.15, 0.2) is 0 Å². The molecule has 0 saturated carbocycles. The first-order valence-electron chi connectivity index (χ1n) is 10.9. The number of nitrogens with zero attached hydrogens (tertiary/aromatic N) is 2. The predicted molar refractivity (Wildman–Crippen MR) is 122 cm³/mol. The van der Waals surface area contributed by atoms with E-state index in [1.54, 1.807) is 0 Å². The molecule has 0 aromatic heterocycles. The van der Waals surface area contributed by atoms with E-state index in [1.807, 2.05) is 54.3 Å². The number of para-hydroxylation sites is 1. The number of aryl methyl sites for hydroxylation is 1. The molecule has 1 saturated heterocycles. The van der Waals surface area contributed by atoms with Gasteiger partial charge < -0.3 is 15.1 Å². The van der Waals surface area contributed by atoms with E-state index in [2.05, 4.69) is 29.4 Å². The number of hydrogen-bond acceptors (Lipinski definition) is 3. The van der Waals surface area contributed by atoms with Crippen LogP contribution in [0.15, 0.2) is 54.6 Å². The predicted octanol–water partition coefficient (Wildman–Crippen LogP) is 3.88. The maximum Gasteiger partial charge on any atom is 0.253 e. The van der Waals surface area contributed by atoms with Gasteiger partial charge in [0.25, 0.3) is 5.91 Å². The molecule has 1 N–H and O–H groups in total. The van der Waals surface area contributed by atoms with Gasteiger partial charge in [0.2, 0.25) is 5.91 Å². The maximum atomic E-state index is 12.7. The van der Waals surface area contributed by atoms with Crippen molar-refractivity contribution >= 4 is 17.5 Å². The zero-order valence-corrected chi connectivity index (χ0v) is 18.1. The monoisotopic (exact) mass is 407 g/mol. The van der Waals surface area contributed by atoms with E-state index in [0.717, 1.165) is 44.3 Å². The molecule has 1 heterocycles. The Bertz CT molecular complexity index is 820. The maximum absolute atomic E-state index is 12.7. The van der Waals surface area contributed by atoms with Crippen LogP contribution < -0.4 is 10.2 Å². The van der Waals surface area contributed by atoms with E-state index in [1.165, 1.54) is 5.69 Å². The fourth-order valence-corrected chi connectivity index (χ4v) is 3.90. The van der Waals surface area contributed by atoms with Gasteiger partial charge >= 0.3 is 0 Å². The molecule has 1 aliphatic rings. The molecule has 3 rings (SSSR count). The van der Waals surface area contributed by atoms with Gasteiger partial charge in [-0.2, -0.15) is 0 Å². The molecule has 1 atom stereocenters. The Morgan fingerprint density at radius 3 is 2.53 bits per heavy atom. The number of carbonyl (C=O) groups is 2. The zero-order chi connectivity index (χ0) is 21.3. The summed E-state index contributed by atoms with van der Waals surface area (Å²) in [5.74, 6) is -0.00981. The van der Waals surface area contributed by atoms with Gasteiger partial charge in [-0.1, -0.05) is 35.9 Å². The Labute approximate surface area is 180 Å². The topological polar surface area (TPSA) is 52.7 Å². The van der Waals surface area contributed by atoms with E-state index in [-0.39, 0.29) is 17.7 Å². The fraction of sp³-hybridized carbons (Fsp3) is 0.440. The number of hydrogen-bond donors (Lipinski definition) is 1. The third-order valence-electron chi connectivity index (χ3n) is 5.79. The lowest BCUT2D eigenvalue weighted by atomic mass is 9.96. The van der Waals surface area contributed by atoms with Crippen molar-refractivity contribution in [2.45, 2.75) is 32.6 Å². The molecular weight excluding hydrogens is 374 g/mol. The van der Waals surface area contributed by atoms with Crippen LogP contribution in [0.25, 0.3) is 0 Å². The van der Waals surface area contributed by atoms with Crippen LogP contribution in [0.1, 0.15) is 41.6 Å². The Morgan fingerprint density at radius 1 is 1.07 bits per heavy atom. The third kappa shape index (κ3) is 6.09. The molecule has 5 nitrogen and oxygen atoms in total. The Kier molecular flexibility index (Phi) is 7.89. The van der Waals surface area contributed by atoms with Crippen molar-refractivity contribution in [1.29, 1.82) is 0 Å². The van der Waals surface area contributed by atoms with Crippen molar-refractivity contribution in [1.82, 2.24) is 10.2 Å². The SMILES string of the molecule is Cc1ccc(C(=O)N2CCCC(C(=O)NCCCCN(C)c3ccccc3)C2)cc1. The summed E-state index contributed by atoms with van der Waals surface area (Å²) in [4.78, 5) is 29.4. The van der Waals surface area contributed by atoms with E-state index >= 15 is 0 Å². The summed E-state index contributed by atoms with van der Waals surface area (Å²) in [6.07, 6.45) is 3.69. The number of likely N-dealkylation sites (tertiary alicyclic amines) is 1. The van der Waals surface area contributed by atoms with Crippen LogP contribution >= 0.6 is 0 Å². The van der Waals surface area contributed by atoms with Gasteiger partial charge in [0, 0.05) is 44.5 Å². The van der Waals surface area contributed by atoms with Crippen molar-refractivity contribution in [2.24, 2.45) is 5.92 Å². The number of amides is 2. The Balaban J connectivity index is 1.38. The van der Waals surface area contributed by atoms with Gasteiger partial charge in [-0.3, -0.25) is 9.59 Å². The summed E-state index contributed by atoms with van der Waals surface area (Å²) < 4.78 is 0. The van der Waals surface area contributed by atoms with E-state index < -0.39 is 0 Å². The number of piperidine rings is 1. The smallest absolute Gasteiger partial charge is 0.253 e. The highest BCUT2D eigenvalue weighted by Crippen LogP contribution is 2.19. The number of nitrogens with one attached hydrogen (secondary N) is 1. The molecule has 0 radical (unpaired) electrons. The highest BCUT2D eigenvalue weighted by atomic mass is 16.2. The first kappa shape index (κ1) is 21.9. The minimum atomic E-state index is -0.111. The van der Waals surface area contributed by atoms with Crippen LogP contribution in [0.3, 0.4) is 0 Å². The lowest BCUT2D eigenvalue weighted by molar-refractivity contribution is -0.126. The molecule has 1 aliphatic heterocycles. The van der Waals surface area contributed by atoms with Gasteiger partial charge in [-0.25, -0.2) is 0 Å². The van der Waals surface area contributed by atoms with Crippen molar-refractivity contribution < 1.29 is 9.59 Å². The summed E-state index contributed by atoms with van der Waals surface area (Å²) in [5.41, 5.74) is 3.05. The lowest BCUT2D eigenvalue weighted by Gasteiger charge is -2.32. The fourth-order valence-electron chi connectivity index (χ4n) is 3.90. The quantitative estimate of drug-likeness (QED) is 0.676. The largest absolute Gasteiger partial charge is 0.375 e. The molecule has 2 aromatic rings. The van der Waals surface area contributed by atoms with Crippen LogP contribution in [0, 0.1) is 12.8 Å². The van der Waals surface area contributed by atoms with Crippen molar-refractivity contribution in [3.05, 3.63) is 65.7 Å². The molecule has 2 amide bonds. The first-order chi connectivity index (χ1) is 14.5. The molecule has 2 aromatic carbocycles. The van der Waals surface area contributed by atoms with Crippen molar-refractivity contribution in [3.63, 3.8) is 0 Å². The van der Waals surface area contributed by atoms with Gasteiger partial charge in [0.05, 0.1) is 5.92 Å². The number of rotatable bonds is 8. The summed E-state index contributed by atoms with van der Waals surface area (Å²) >= 11 is 0. The van der Waals surface area contributed by atoms with Crippen LogP contribution in [0.5, 0.6) is 0 Å². The van der Waals surface area contributed by atoms with Crippen molar-refractivity contribution in [2.75, 3.05) is 38.1 Å². The summed E-state index contributed by atoms with van der Waals surface area (Å²) in [5, 5.41) is 3.08. The summed E-state index contributed by atoms with van der Waals surface area (Å²) in [6.45, 7) is 4.89.